The fraction of sp³-hybridized carbons (Fsp3) is 1.00. The first-order valence-corrected chi connectivity index (χ1v) is 13.2. The molecule has 0 spiro atoms. The van der Waals surface area contributed by atoms with Crippen LogP contribution in [0.3, 0.4) is 0 Å². The first kappa shape index (κ1) is 16.3. The largest absolute Gasteiger partial charge is 0.409 e. The van der Waals surface area contributed by atoms with Crippen molar-refractivity contribution in [2.45, 2.75) is 63.9 Å². The smallest absolute Gasteiger partial charge is 0.184 e. The monoisotopic (exact) mass is 294 g/mol. The molecule has 2 N–H and O–H groups in total. The standard InChI is InChI=1S/C11H26O5Si2/c1-17(2,3)15-9-8(7-12)14-11(13)10(9)16-18(4,5)6/h8-13H,7H2,1-6H3/t8-,9-,10-,11?/m1/s1. The molecule has 1 rings (SSSR count). The third-order valence-electron chi connectivity index (χ3n) is 2.44. The van der Waals surface area contributed by atoms with E-state index in [1.165, 1.54) is 0 Å². The van der Waals surface area contributed by atoms with Gasteiger partial charge in [0.25, 0.3) is 0 Å². The maximum atomic E-state index is 9.92. The van der Waals surface area contributed by atoms with Crippen molar-refractivity contribution in [1.82, 2.24) is 0 Å². The normalized spacial score (nSPS) is 34.0. The van der Waals surface area contributed by atoms with Crippen LogP contribution in [0.1, 0.15) is 0 Å². The lowest BCUT2D eigenvalue weighted by molar-refractivity contribution is -0.129. The predicted molar refractivity (Wildman–Crippen MR) is 74.4 cm³/mol. The number of hydrogen-bond donors (Lipinski definition) is 2. The van der Waals surface area contributed by atoms with Gasteiger partial charge < -0.3 is 23.8 Å². The first-order chi connectivity index (χ1) is 8.03. The lowest BCUT2D eigenvalue weighted by atomic mass is 10.1. The van der Waals surface area contributed by atoms with Crippen LogP contribution in [-0.2, 0) is 13.6 Å². The van der Waals surface area contributed by atoms with Gasteiger partial charge in [0.2, 0.25) is 0 Å². The molecule has 4 atom stereocenters. The van der Waals surface area contributed by atoms with Crippen LogP contribution >= 0.6 is 0 Å². The zero-order valence-electron chi connectivity index (χ0n) is 12.1. The van der Waals surface area contributed by atoms with Gasteiger partial charge >= 0.3 is 0 Å². The van der Waals surface area contributed by atoms with Crippen LogP contribution in [0.15, 0.2) is 0 Å². The molecule has 1 fully saturated rings. The topological polar surface area (TPSA) is 68.2 Å². The summed E-state index contributed by atoms with van der Waals surface area (Å²) in [5, 5.41) is 19.2. The third-order valence-corrected chi connectivity index (χ3v) is 4.40. The molecular formula is C11H26O5Si2. The van der Waals surface area contributed by atoms with Crippen molar-refractivity contribution < 1.29 is 23.8 Å². The minimum absolute atomic E-state index is 0.169. The molecule has 0 amide bonds. The summed E-state index contributed by atoms with van der Waals surface area (Å²) in [5.41, 5.74) is 0. The van der Waals surface area contributed by atoms with Gasteiger partial charge in [-0.3, -0.25) is 0 Å². The summed E-state index contributed by atoms with van der Waals surface area (Å²) in [7, 11) is -3.60. The highest BCUT2D eigenvalue weighted by Gasteiger charge is 2.48. The third kappa shape index (κ3) is 4.73. The summed E-state index contributed by atoms with van der Waals surface area (Å²) >= 11 is 0. The quantitative estimate of drug-likeness (QED) is 0.744. The molecule has 1 unspecified atom stereocenters. The van der Waals surface area contributed by atoms with Gasteiger partial charge in [-0.25, -0.2) is 0 Å². The van der Waals surface area contributed by atoms with Crippen molar-refractivity contribution in [3.8, 4) is 0 Å². The van der Waals surface area contributed by atoms with E-state index < -0.39 is 35.1 Å². The van der Waals surface area contributed by atoms with Gasteiger partial charge in [-0.2, -0.15) is 0 Å². The fourth-order valence-electron chi connectivity index (χ4n) is 1.94. The van der Waals surface area contributed by atoms with Crippen LogP contribution in [-0.4, -0.2) is 58.1 Å². The van der Waals surface area contributed by atoms with E-state index in [4.69, 9.17) is 13.6 Å². The summed E-state index contributed by atoms with van der Waals surface area (Å²) < 4.78 is 17.3. The van der Waals surface area contributed by atoms with Crippen LogP contribution in [0.4, 0.5) is 0 Å². The second kappa shape index (κ2) is 5.70. The van der Waals surface area contributed by atoms with E-state index in [-0.39, 0.29) is 12.7 Å². The summed E-state index contributed by atoms with van der Waals surface area (Å²) in [5.74, 6) is 0. The maximum absolute atomic E-state index is 9.92. The van der Waals surface area contributed by atoms with Gasteiger partial charge in [-0.15, -0.1) is 0 Å². The Hall–Kier alpha value is 0.234. The lowest BCUT2D eigenvalue weighted by Gasteiger charge is -2.32. The summed E-state index contributed by atoms with van der Waals surface area (Å²) in [4.78, 5) is 0. The Balaban J connectivity index is 2.83. The van der Waals surface area contributed by atoms with E-state index in [0.717, 1.165) is 0 Å². The Morgan fingerprint density at radius 2 is 1.39 bits per heavy atom. The Morgan fingerprint density at radius 3 is 1.78 bits per heavy atom. The predicted octanol–water partition coefficient (Wildman–Crippen LogP) is 1.14. The Kier molecular flexibility index (Phi) is 5.16. The van der Waals surface area contributed by atoms with Crippen LogP contribution in [0.2, 0.25) is 39.3 Å². The van der Waals surface area contributed by atoms with Crippen molar-refractivity contribution in [1.29, 1.82) is 0 Å². The number of rotatable bonds is 5. The number of ether oxygens (including phenoxy) is 1. The minimum atomic E-state index is -1.81. The van der Waals surface area contributed by atoms with E-state index in [1.807, 2.05) is 0 Å². The molecule has 1 saturated heterocycles. The molecule has 0 aromatic rings. The molecule has 0 aromatic heterocycles. The zero-order chi connectivity index (χ0) is 14.1. The molecule has 7 heteroatoms. The Morgan fingerprint density at radius 1 is 0.944 bits per heavy atom. The number of aliphatic hydroxyl groups is 2. The molecule has 0 saturated carbocycles. The minimum Gasteiger partial charge on any atom is -0.409 e. The van der Waals surface area contributed by atoms with Gasteiger partial charge in [0, 0.05) is 0 Å². The lowest BCUT2D eigenvalue weighted by Crippen LogP contribution is -2.48. The van der Waals surface area contributed by atoms with Gasteiger partial charge in [0.15, 0.2) is 22.9 Å². The molecular weight excluding hydrogens is 268 g/mol. The number of hydrogen-bond acceptors (Lipinski definition) is 5. The average molecular weight is 294 g/mol. The highest BCUT2D eigenvalue weighted by atomic mass is 28.4. The van der Waals surface area contributed by atoms with Gasteiger partial charge in [0.05, 0.1) is 6.61 Å². The van der Waals surface area contributed by atoms with E-state index >= 15 is 0 Å². The number of aliphatic hydroxyl groups excluding tert-OH is 2. The van der Waals surface area contributed by atoms with Crippen LogP contribution in [0.25, 0.3) is 0 Å². The highest BCUT2D eigenvalue weighted by Crippen LogP contribution is 2.29. The van der Waals surface area contributed by atoms with Crippen molar-refractivity contribution in [2.75, 3.05) is 6.61 Å². The van der Waals surface area contributed by atoms with E-state index in [2.05, 4.69) is 39.3 Å². The van der Waals surface area contributed by atoms with Gasteiger partial charge in [0.1, 0.15) is 18.3 Å². The molecule has 5 nitrogen and oxygen atoms in total. The maximum Gasteiger partial charge on any atom is 0.184 e. The van der Waals surface area contributed by atoms with Crippen LogP contribution in [0.5, 0.6) is 0 Å². The van der Waals surface area contributed by atoms with E-state index in [0.29, 0.717) is 0 Å². The summed E-state index contributed by atoms with van der Waals surface area (Å²) in [6.07, 6.45) is -2.41. The average Bonchev–Trinajstić information content (AvgIpc) is 2.41. The van der Waals surface area contributed by atoms with Crippen molar-refractivity contribution >= 4 is 16.6 Å². The highest BCUT2D eigenvalue weighted by molar-refractivity contribution is 6.70. The first-order valence-electron chi connectivity index (χ1n) is 6.33. The second-order valence-corrected chi connectivity index (χ2v) is 15.6. The fourth-order valence-corrected chi connectivity index (χ4v) is 4.11. The molecule has 18 heavy (non-hydrogen) atoms. The molecule has 1 heterocycles. The second-order valence-electron chi connectivity index (χ2n) is 6.64. The van der Waals surface area contributed by atoms with E-state index in [1.54, 1.807) is 0 Å². The van der Waals surface area contributed by atoms with Crippen LogP contribution < -0.4 is 0 Å². The SMILES string of the molecule is C[Si](C)(C)O[C@@H]1[C@@H](CO)OC(O)[C@@H]1O[Si](C)(C)C. The van der Waals surface area contributed by atoms with Gasteiger partial charge in [-0.1, -0.05) is 0 Å². The zero-order valence-corrected chi connectivity index (χ0v) is 14.1. The molecule has 0 radical (unpaired) electrons. The molecule has 1 aliphatic heterocycles. The Bertz CT molecular complexity index is 274. The van der Waals surface area contributed by atoms with E-state index in [9.17, 15) is 10.2 Å². The summed E-state index contributed by atoms with van der Waals surface area (Å²) in [6, 6.07) is 0. The molecule has 0 aliphatic carbocycles. The van der Waals surface area contributed by atoms with Crippen molar-refractivity contribution in [2.24, 2.45) is 0 Å². The van der Waals surface area contributed by atoms with Gasteiger partial charge in [-0.05, 0) is 39.3 Å². The molecule has 0 bridgehead atoms. The molecule has 108 valence electrons. The molecule has 0 aromatic carbocycles. The Labute approximate surface area is 111 Å². The van der Waals surface area contributed by atoms with Crippen molar-refractivity contribution in [3.05, 3.63) is 0 Å². The molecule has 1 aliphatic rings. The van der Waals surface area contributed by atoms with Crippen molar-refractivity contribution in [3.63, 3.8) is 0 Å². The summed E-state index contributed by atoms with van der Waals surface area (Å²) in [6.45, 7) is 12.2. The van der Waals surface area contributed by atoms with Crippen LogP contribution in [0, 0.1) is 0 Å².